The molecule has 5 heteroatoms. The van der Waals surface area contributed by atoms with Gasteiger partial charge in [-0.1, -0.05) is 72.8 Å². The van der Waals surface area contributed by atoms with Gasteiger partial charge < -0.3 is 0 Å². The highest BCUT2D eigenvalue weighted by atomic mass is 15.1. The van der Waals surface area contributed by atoms with Gasteiger partial charge in [0.25, 0.3) is 0 Å². The lowest BCUT2D eigenvalue weighted by Gasteiger charge is -2.11. The van der Waals surface area contributed by atoms with E-state index in [1.54, 1.807) is 0 Å². The van der Waals surface area contributed by atoms with E-state index in [0.29, 0.717) is 0 Å². The molecule has 0 aliphatic carbocycles. The van der Waals surface area contributed by atoms with Crippen molar-refractivity contribution in [1.29, 1.82) is 0 Å². The van der Waals surface area contributed by atoms with E-state index in [-0.39, 0.29) is 0 Å². The van der Waals surface area contributed by atoms with Crippen LogP contribution in [0.4, 0.5) is 0 Å². The van der Waals surface area contributed by atoms with Gasteiger partial charge in [-0.3, -0.25) is 14.1 Å². The zero-order chi connectivity index (χ0) is 23.6. The van der Waals surface area contributed by atoms with Gasteiger partial charge >= 0.3 is 0 Å². The zero-order valence-electron chi connectivity index (χ0n) is 19.2. The Morgan fingerprint density at radius 2 is 1.19 bits per heavy atom. The van der Waals surface area contributed by atoms with Gasteiger partial charge in [-0.2, -0.15) is 0 Å². The number of hydrogen-bond donors (Lipinski definition) is 0. The van der Waals surface area contributed by atoms with Gasteiger partial charge in [0.1, 0.15) is 16.6 Å². The topological polar surface area (TPSA) is 48.5 Å². The average molecular weight is 462 g/mol. The third kappa shape index (κ3) is 2.57. The Bertz CT molecular complexity index is 2100. The van der Waals surface area contributed by atoms with Crippen molar-refractivity contribution in [2.24, 2.45) is 0 Å². The maximum absolute atomic E-state index is 5.34. The first kappa shape index (κ1) is 19.3. The molecule has 4 aromatic carbocycles. The minimum Gasteiger partial charge on any atom is -0.292 e. The Balaban J connectivity index is 1.59. The molecular formula is C31H19N5. The minimum absolute atomic E-state index is 0.799. The summed E-state index contributed by atoms with van der Waals surface area (Å²) in [5.41, 5.74) is 8.37. The molecule has 0 aliphatic rings. The number of nitrogens with zero attached hydrogens (tertiary/aromatic N) is 5. The number of hydrogen-bond acceptors (Lipinski definition) is 3. The first-order chi connectivity index (χ1) is 17.9. The first-order valence-corrected chi connectivity index (χ1v) is 12.0. The molecule has 0 aliphatic heterocycles. The summed E-state index contributed by atoms with van der Waals surface area (Å²) in [6.45, 7) is 0. The van der Waals surface area contributed by atoms with E-state index in [1.165, 1.54) is 5.39 Å². The van der Waals surface area contributed by atoms with Gasteiger partial charge in [-0.05, 0) is 41.8 Å². The van der Waals surface area contributed by atoms with E-state index in [0.717, 1.165) is 61.0 Å². The summed E-state index contributed by atoms with van der Waals surface area (Å²) < 4.78 is 4.41. The van der Waals surface area contributed by atoms with Crippen molar-refractivity contribution in [2.75, 3.05) is 0 Å². The summed E-state index contributed by atoms with van der Waals surface area (Å²) in [7, 11) is 0. The Morgan fingerprint density at radius 1 is 0.472 bits per heavy atom. The molecule has 0 fully saturated rings. The smallest absolute Gasteiger partial charge is 0.168 e. The van der Waals surface area contributed by atoms with Crippen LogP contribution in [0.25, 0.3) is 66.4 Å². The predicted molar refractivity (Wildman–Crippen MR) is 146 cm³/mol. The van der Waals surface area contributed by atoms with Crippen LogP contribution in [0.2, 0.25) is 0 Å². The standard InChI is InChI=1S/C31H19N5/c1-2-12-21(13-3-1)35-25-16-7-6-15-23(25)27-30(35)34-31-29(33-27)28-26(18-9-19-32-28)36(31)24-17-8-11-20-10-4-5-14-22(20)24/h1-19H. The van der Waals surface area contributed by atoms with Gasteiger partial charge in [0.15, 0.2) is 11.3 Å². The quantitative estimate of drug-likeness (QED) is 0.273. The molecule has 0 atom stereocenters. The Hall–Kier alpha value is -5.03. The molecule has 36 heavy (non-hydrogen) atoms. The lowest BCUT2D eigenvalue weighted by molar-refractivity contribution is 1.11. The summed E-state index contributed by atoms with van der Waals surface area (Å²) in [4.78, 5) is 15.3. The molecule has 8 aromatic rings. The van der Waals surface area contributed by atoms with Crippen LogP contribution in [-0.4, -0.2) is 24.1 Å². The number of rotatable bonds is 2. The molecule has 8 rings (SSSR count). The van der Waals surface area contributed by atoms with E-state index < -0.39 is 0 Å². The van der Waals surface area contributed by atoms with Crippen LogP contribution in [0.1, 0.15) is 0 Å². The van der Waals surface area contributed by atoms with Crippen molar-refractivity contribution < 1.29 is 0 Å². The van der Waals surface area contributed by atoms with Crippen LogP contribution in [0.3, 0.4) is 0 Å². The molecule has 0 saturated carbocycles. The lowest BCUT2D eigenvalue weighted by Crippen LogP contribution is -2.00. The summed E-state index contributed by atoms with van der Waals surface area (Å²) in [5, 5.41) is 3.42. The third-order valence-electron chi connectivity index (χ3n) is 6.96. The summed E-state index contributed by atoms with van der Waals surface area (Å²) in [6.07, 6.45) is 1.83. The molecule has 0 saturated heterocycles. The molecule has 0 radical (unpaired) electrons. The monoisotopic (exact) mass is 461 g/mol. The number of benzene rings is 4. The van der Waals surface area contributed by atoms with Crippen LogP contribution < -0.4 is 0 Å². The second-order valence-corrected chi connectivity index (χ2v) is 8.96. The first-order valence-electron chi connectivity index (χ1n) is 12.0. The van der Waals surface area contributed by atoms with Gasteiger partial charge in [0, 0.05) is 22.7 Å². The van der Waals surface area contributed by atoms with Gasteiger partial charge in [0.2, 0.25) is 0 Å². The third-order valence-corrected chi connectivity index (χ3v) is 6.96. The van der Waals surface area contributed by atoms with Crippen LogP contribution in [0.5, 0.6) is 0 Å². The van der Waals surface area contributed by atoms with Crippen molar-refractivity contribution in [2.45, 2.75) is 0 Å². The van der Waals surface area contributed by atoms with E-state index in [9.17, 15) is 0 Å². The van der Waals surface area contributed by atoms with Crippen LogP contribution in [-0.2, 0) is 0 Å². The molecular weight excluding hydrogens is 442 g/mol. The predicted octanol–water partition coefficient (Wildman–Crippen LogP) is 7.22. The van der Waals surface area contributed by atoms with E-state index >= 15 is 0 Å². The molecule has 0 spiro atoms. The fourth-order valence-electron chi connectivity index (χ4n) is 5.41. The molecule has 5 nitrogen and oxygen atoms in total. The van der Waals surface area contributed by atoms with Crippen molar-refractivity contribution in [3.05, 3.63) is 115 Å². The number of aromatic nitrogens is 5. The van der Waals surface area contributed by atoms with E-state index in [1.807, 2.05) is 18.3 Å². The Kier molecular flexibility index (Phi) is 3.88. The summed E-state index contributed by atoms with van der Waals surface area (Å²) in [5.74, 6) is 0. The molecule has 0 unspecified atom stereocenters. The molecule has 4 heterocycles. The molecule has 168 valence electrons. The largest absolute Gasteiger partial charge is 0.292 e. The molecule has 0 bridgehead atoms. The minimum atomic E-state index is 0.799. The fraction of sp³-hybridized carbons (Fsp3) is 0. The summed E-state index contributed by atoms with van der Waals surface area (Å²) in [6, 6.07) is 37.6. The molecule has 0 N–H and O–H groups in total. The maximum atomic E-state index is 5.34. The van der Waals surface area contributed by atoms with Crippen molar-refractivity contribution in [1.82, 2.24) is 24.1 Å². The Morgan fingerprint density at radius 3 is 2.11 bits per heavy atom. The number of pyridine rings is 1. The number of fused-ring (bicyclic) bond motifs is 7. The van der Waals surface area contributed by atoms with Crippen LogP contribution in [0, 0.1) is 0 Å². The second kappa shape index (κ2) is 7.23. The molecule has 4 aromatic heterocycles. The fourth-order valence-corrected chi connectivity index (χ4v) is 5.41. The van der Waals surface area contributed by atoms with Gasteiger partial charge in [-0.25, -0.2) is 9.97 Å². The maximum Gasteiger partial charge on any atom is 0.168 e. The Labute approximate surface area is 205 Å². The van der Waals surface area contributed by atoms with E-state index in [4.69, 9.17) is 15.0 Å². The highest BCUT2D eigenvalue weighted by Crippen LogP contribution is 2.36. The number of para-hydroxylation sites is 2. The van der Waals surface area contributed by atoms with Crippen molar-refractivity contribution in [3.8, 4) is 11.4 Å². The summed E-state index contributed by atoms with van der Waals surface area (Å²) >= 11 is 0. The SMILES string of the molecule is c1ccc(-n2c3ccccc3c3nc4c5ncccc5n(-c5cccc6ccccc56)c4nc32)cc1. The van der Waals surface area contributed by atoms with Gasteiger partial charge in [-0.15, -0.1) is 0 Å². The zero-order valence-corrected chi connectivity index (χ0v) is 19.2. The van der Waals surface area contributed by atoms with Crippen molar-refractivity contribution in [3.63, 3.8) is 0 Å². The lowest BCUT2D eigenvalue weighted by atomic mass is 10.1. The highest BCUT2D eigenvalue weighted by Gasteiger charge is 2.22. The molecule has 0 amide bonds. The van der Waals surface area contributed by atoms with Crippen LogP contribution >= 0.6 is 0 Å². The van der Waals surface area contributed by atoms with E-state index in [2.05, 4.69) is 106 Å². The average Bonchev–Trinajstić information content (AvgIpc) is 3.44. The van der Waals surface area contributed by atoms with Crippen molar-refractivity contribution >= 4 is 55.0 Å². The van der Waals surface area contributed by atoms with Gasteiger partial charge in [0.05, 0.1) is 16.7 Å². The highest BCUT2D eigenvalue weighted by molar-refractivity contribution is 6.12. The van der Waals surface area contributed by atoms with Crippen LogP contribution in [0.15, 0.2) is 115 Å². The normalized spacial score (nSPS) is 11.9. The second-order valence-electron chi connectivity index (χ2n) is 8.96.